The molecule has 0 aliphatic heterocycles. The van der Waals surface area contributed by atoms with Gasteiger partial charge in [-0.25, -0.2) is 4.79 Å². The zero-order valence-electron chi connectivity index (χ0n) is 12.9. The van der Waals surface area contributed by atoms with Crippen LogP contribution in [0.3, 0.4) is 0 Å². The third kappa shape index (κ3) is 6.57. The number of rotatable bonds is 9. The molecule has 5 heteroatoms. The lowest BCUT2D eigenvalue weighted by atomic mass is 9.95. The largest absolute Gasteiger partial charge is 0.453 e. The van der Waals surface area contributed by atoms with Crippen LogP contribution in [0.15, 0.2) is 0 Å². The third-order valence-electron chi connectivity index (χ3n) is 3.55. The fraction of sp³-hybridized carbons (Fsp3) is 0.857. The van der Waals surface area contributed by atoms with Gasteiger partial charge in [0, 0.05) is 12.5 Å². The fourth-order valence-corrected chi connectivity index (χ4v) is 1.88. The van der Waals surface area contributed by atoms with Crippen molar-refractivity contribution < 1.29 is 14.3 Å². The lowest BCUT2D eigenvalue weighted by Crippen LogP contribution is -2.45. The van der Waals surface area contributed by atoms with E-state index in [9.17, 15) is 9.59 Å². The Morgan fingerprint density at radius 3 is 2.21 bits per heavy atom. The van der Waals surface area contributed by atoms with Crippen molar-refractivity contribution in [2.75, 3.05) is 26.7 Å². The summed E-state index contributed by atoms with van der Waals surface area (Å²) in [6.45, 7) is 10.7. The molecule has 112 valence electrons. The summed E-state index contributed by atoms with van der Waals surface area (Å²) in [4.78, 5) is 25.8. The van der Waals surface area contributed by atoms with E-state index >= 15 is 0 Å². The minimum Gasteiger partial charge on any atom is -0.453 e. The second kappa shape index (κ2) is 9.78. The van der Waals surface area contributed by atoms with Crippen molar-refractivity contribution in [3.63, 3.8) is 0 Å². The molecule has 0 heterocycles. The lowest BCUT2D eigenvalue weighted by molar-refractivity contribution is -0.124. The first kappa shape index (κ1) is 17.9. The average Bonchev–Trinajstić information content (AvgIpc) is 2.44. The van der Waals surface area contributed by atoms with Crippen molar-refractivity contribution in [1.82, 2.24) is 10.2 Å². The number of nitrogens with zero attached hydrogens (tertiary/aromatic N) is 1. The first-order valence-corrected chi connectivity index (χ1v) is 7.10. The van der Waals surface area contributed by atoms with Gasteiger partial charge in [0.15, 0.2) is 5.78 Å². The van der Waals surface area contributed by atoms with Crippen LogP contribution in [0, 0.1) is 5.92 Å². The second-order valence-corrected chi connectivity index (χ2v) is 4.72. The molecule has 0 radical (unpaired) electrons. The molecule has 0 aromatic carbocycles. The minimum absolute atomic E-state index is 0.0427. The van der Waals surface area contributed by atoms with E-state index in [0.29, 0.717) is 6.42 Å². The average molecular weight is 272 g/mol. The van der Waals surface area contributed by atoms with E-state index in [-0.39, 0.29) is 11.7 Å². The Morgan fingerprint density at radius 2 is 1.79 bits per heavy atom. The Labute approximate surface area is 116 Å². The molecule has 0 aromatic rings. The maximum atomic E-state index is 12.2. The quantitative estimate of drug-likeness (QED) is 0.698. The zero-order valence-corrected chi connectivity index (χ0v) is 12.9. The Morgan fingerprint density at radius 1 is 1.21 bits per heavy atom. The van der Waals surface area contributed by atoms with Crippen molar-refractivity contribution in [1.29, 1.82) is 0 Å². The standard InChI is InChI=1S/C14H28N2O3/c1-6-11(4)13(17)12(15-14(18)19-5)9-10-16(7-2)8-3/h11-12H,6-10H2,1-5H3,(H,15,18)/t11?,12-/m0/s1. The first-order valence-electron chi connectivity index (χ1n) is 7.10. The summed E-state index contributed by atoms with van der Waals surface area (Å²) in [7, 11) is 1.31. The van der Waals surface area contributed by atoms with Gasteiger partial charge in [0.25, 0.3) is 0 Å². The molecular weight excluding hydrogens is 244 g/mol. The van der Waals surface area contributed by atoms with E-state index in [2.05, 4.69) is 28.8 Å². The number of hydrogen-bond acceptors (Lipinski definition) is 4. The highest BCUT2D eigenvalue weighted by Gasteiger charge is 2.25. The van der Waals surface area contributed by atoms with Crippen molar-refractivity contribution in [2.24, 2.45) is 5.92 Å². The van der Waals surface area contributed by atoms with Crippen LogP contribution in [0.25, 0.3) is 0 Å². The van der Waals surface area contributed by atoms with Gasteiger partial charge in [0.05, 0.1) is 13.2 Å². The molecule has 1 unspecified atom stereocenters. The van der Waals surface area contributed by atoms with E-state index in [1.165, 1.54) is 7.11 Å². The highest BCUT2D eigenvalue weighted by molar-refractivity contribution is 5.88. The highest BCUT2D eigenvalue weighted by atomic mass is 16.5. The third-order valence-corrected chi connectivity index (χ3v) is 3.55. The van der Waals surface area contributed by atoms with Gasteiger partial charge in [-0.1, -0.05) is 27.7 Å². The molecule has 1 N–H and O–H groups in total. The van der Waals surface area contributed by atoms with Gasteiger partial charge in [-0.05, 0) is 25.9 Å². The number of nitrogens with one attached hydrogen (secondary N) is 1. The molecule has 0 saturated carbocycles. The summed E-state index contributed by atoms with van der Waals surface area (Å²) in [5, 5.41) is 2.65. The van der Waals surface area contributed by atoms with Gasteiger partial charge < -0.3 is 15.0 Å². The van der Waals surface area contributed by atoms with Gasteiger partial charge in [0.2, 0.25) is 0 Å². The molecule has 0 bridgehead atoms. The molecule has 5 nitrogen and oxygen atoms in total. The van der Waals surface area contributed by atoms with Crippen molar-refractivity contribution in [3.8, 4) is 0 Å². The Balaban J connectivity index is 4.57. The number of Topliss-reactive ketones (excluding diaryl/α,β-unsaturated/α-hetero) is 1. The molecule has 19 heavy (non-hydrogen) atoms. The molecule has 0 aromatic heterocycles. The lowest BCUT2D eigenvalue weighted by Gasteiger charge is -2.24. The molecule has 0 aliphatic carbocycles. The molecule has 0 aliphatic rings. The van der Waals surface area contributed by atoms with Crippen LogP contribution in [0.1, 0.15) is 40.5 Å². The van der Waals surface area contributed by atoms with Gasteiger partial charge in [-0.3, -0.25) is 4.79 Å². The van der Waals surface area contributed by atoms with Crippen LogP contribution >= 0.6 is 0 Å². The number of carbonyl (C=O) groups excluding carboxylic acids is 2. The summed E-state index contributed by atoms with van der Waals surface area (Å²) in [6.07, 6.45) is 0.866. The summed E-state index contributed by atoms with van der Waals surface area (Å²) >= 11 is 0. The molecule has 0 rings (SSSR count). The smallest absolute Gasteiger partial charge is 0.407 e. The number of carbonyl (C=O) groups is 2. The summed E-state index contributed by atoms with van der Waals surface area (Å²) in [5.74, 6) is 0.0407. The number of alkyl carbamates (subject to hydrolysis) is 1. The van der Waals surface area contributed by atoms with Crippen LogP contribution in [0.5, 0.6) is 0 Å². The van der Waals surface area contributed by atoms with E-state index in [0.717, 1.165) is 26.1 Å². The molecular formula is C14H28N2O3. The first-order chi connectivity index (χ1) is 8.99. The second-order valence-electron chi connectivity index (χ2n) is 4.72. The van der Waals surface area contributed by atoms with Gasteiger partial charge in [-0.2, -0.15) is 0 Å². The van der Waals surface area contributed by atoms with Crippen LogP contribution < -0.4 is 5.32 Å². The zero-order chi connectivity index (χ0) is 14.8. The number of ether oxygens (including phenoxy) is 1. The molecule has 0 fully saturated rings. The van der Waals surface area contributed by atoms with Crippen molar-refractivity contribution in [3.05, 3.63) is 0 Å². The van der Waals surface area contributed by atoms with E-state index < -0.39 is 12.1 Å². The number of hydrogen-bond donors (Lipinski definition) is 1. The van der Waals surface area contributed by atoms with Gasteiger partial charge in [-0.15, -0.1) is 0 Å². The summed E-state index contributed by atoms with van der Waals surface area (Å²) < 4.78 is 4.59. The maximum absolute atomic E-state index is 12.2. The topological polar surface area (TPSA) is 58.6 Å². The van der Waals surface area contributed by atoms with Crippen LogP contribution in [0.4, 0.5) is 4.79 Å². The van der Waals surface area contributed by atoms with E-state index in [1.807, 2.05) is 13.8 Å². The predicted molar refractivity (Wildman–Crippen MR) is 76.2 cm³/mol. The summed E-state index contributed by atoms with van der Waals surface area (Å²) in [5.41, 5.74) is 0. The monoisotopic (exact) mass is 272 g/mol. The predicted octanol–water partition coefficient (Wildman–Crippen LogP) is 2.06. The number of methoxy groups -OCH3 is 1. The highest BCUT2D eigenvalue weighted by Crippen LogP contribution is 2.09. The normalized spacial score (nSPS) is 14.0. The Kier molecular flexibility index (Phi) is 9.21. The SMILES string of the molecule is CCC(C)C(=O)[C@H](CCN(CC)CC)NC(=O)OC. The van der Waals surface area contributed by atoms with Gasteiger partial charge >= 0.3 is 6.09 Å². The summed E-state index contributed by atoms with van der Waals surface area (Å²) in [6, 6.07) is -0.456. The van der Waals surface area contributed by atoms with E-state index in [1.54, 1.807) is 0 Å². The molecule has 2 atom stereocenters. The van der Waals surface area contributed by atoms with Crippen molar-refractivity contribution >= 4 is 11.9 Å². The van der Waals surface area contributed by atoms with Crippen molar-refractivity contribution in [2.45, 2.75) is 46.6 Å². The van der Waals surface area contributed by atoms with Gasteiger partial charge in [0.1, 0.15) is 0 Å². The minimum atomic E-state index is -0.541. The molecule has 0 spiro atoms. The molecule has 0 saturated heterocycles. The number of ketones is 1. The van der Waals surface area contributed by atoms with E-state index in [4.69, 9.17) is 0 Å². The van der Waals surface area contributed by atoms with Crippen LogP contribution in [-0.2, 0) is 9.53 Å². The Hall–Kier alpha value is -1.10. The fourth-order valence-electron chi connectivity index (χ4n) is 1.88. The van der Waals surface area contributed by atoms with Crippen LogP contribution in [-0.4, -0.2) is 49.6 Å². The Bertz CT molecular complexity index is 278. The molecule has 1 amide bonds. The number of amides is 1. The van der Waals surface area contributed by atoms with Crippen LogP contribution in [0.2, 0.25) is 0 Å². The maximum Gasteiger partial charge on any atom is 0.407 e.